The number of nitrogens with one attached hydrogen (secondary N) is 3. The fourth-order valence-corrected chi connectivity index (χ4v) is 1.79. The number of H-pyrrole nitrogens is 1. The Bertz CT molecular complexity index is 583. The molecule has 0 spiro atoms. The molecule has 21 heavy (non-hydrogen) atoms. The number of benzene rings is 1. The lowest BCUT2D eigenvalue weighted by Crippen LogP contribution is -2.32. The minimum absolute atomic E-state index is 0.160. The van der Waals surface area contributed by atoms with Gasteiger partial charge in [-0.1, -0.05) is 18.2 Å². The van der Waals surface area contributed by atoms with Crippen molar-refractivity contribution in [2.24, 2.45) is 0 Å². The summed E-state index contributed by atoms with van der Waals surface area (Å²) in [5.74, 6) is 0.246. The number of carbonyl (C=O) groups excluding carboxylic acids is 2. The monoisotopic (exact) mass is 287 g/mol. The number of hydrogen-bond acceptors (Lipinski definition) is 4. The zero-order chi connectivity index (χ0) is 15.1. The van der Waals surface area contributed by atoms with Crippen LogP contribution in [0.2, 0.25) is 0 Å². The van der Waals surface area contributed by atoms with Crippen LogP contribution in [0.15, 0.2) is 36.7 Å². The van der Waals surface area contributed by atoms with Crippen molar-refractivity contribution in [1.82, 2.24) is 25.8 Å². The van der Waals surface area contributed by atoms with Crippen LogP contribution in [0.1, 0.15) is 35.6 Å². The number of carbonyl (C=O) groups is 2. The molecule has 0 aliphatic rings. The summed E-state index contributed by atoms with van der Waals surface area (Å²) >= 11 is 0. The van der Waals surface area contributed by atoms with E-state index in [4.69, 9.17) is 0 Å². The van der Waals surface area contributed by atoms with E-state index >= 15 is 0 Å². The summed E-state index contributed by atoms with van der Waals surface area (Å²) in [5.41, 5.74) is 0.577. The molecule has 0 bridgehead atoms. The van der Waals surface area contributed by atoms with Gasteiger partial charge >= 0.3 is 0 Å². The average Bonchev–Trinajstić information content (AvgIpc) is 3.02. The Morgan fingerprint density at radius 1 is 1.29 bits per heavy atom. The van der Waals surface area contributed by atoms with Crippen LogP contribution in [0.5, 0.6) is 0 Å². The van der Waals surface area contributed by atoms with E-state index in [1.807, 2.05) is 6.07 Å². The second-order valence-electron chi connectivity index (χ2n) is 4.53. The molecule has 1 atom stereocenters. The molecule has 3 N–H and O–H groups in total. The molecule has 0 saturated heterocycles. The van der Waals surface area contributed by atoms with Gasteiger partial charge in [0.15, 0.2) is 0 Å². The van der Waals surface area contributed by atoms with Crippen molar-refractivity contribution in [2.45, 2.75) is 19.4 Å². The summed E-state index contributed by atoms with van der Waals surface area (Å²) in [6.45, 7) is 2.09. The van der Waals surface area contributed by atoms with E-state index in [0.717, 1.165) is 0 Å². The first-order valence-corrected chi connectivity index (χ1v) is 6.64. The number of amides is 2. The Morgan fingerprint density at radius 3 is 2.71 bits per heavy atom. The molecule has 1 aromatic heterocycles. The van der Waals surface area contributed by atoms with Crippen molar-refractivity contribution in [3.8, 4) is 0 Å². The van der Waals surface area contributed by atoms with Gasteiger partial charge in [-0.05, 0) is 19.1 Å². The summed E-state index contributed by atoms with van der Waals surface area (Å²) in [6, 6.07) is 8.63. The van der Waals surface area contributed by atoms with Gasteiger partial charge < -0.3 is 10.6 Å². The number of hydrogen-bond donors (Lipinski definition) is 3. The molecule has 1 heterocycles. The molecule has 2 rings (SSSR count). The molecule has 2 amide bonds. The smallest absolute Gasteiger partial charge is 0.251 e. The maximum absolute atomic E-state index is 11.8. The van der Waals surface area contributed by atoms with Gasteiger partial charge in [0.1, 0.15) is 12.2 Å². The van der Waals surface area contributed by atoms with Crippen molar-refractivity contribution in [3.05, 3.63) is 48.0 Å². The molecule has 0 radical (unpaired) electrons. The summed E-state index contributed by atoms with van der Waals surface area (Å²) in [7, 11) is 0. The second-order valence-corrected chi connectivity index (χ2v) is 4.53. The van der Waals surface area contributed by atoms with E-state index in [1.54, 1.807) is 31.2 Å². The van der Waals surface area contributed by atoms with Gasteiger partial charge in [-0.25, -0.2) is 4.98 Å². The van der Waals surface area contributed by atoms with Gasteiger partial charge in [-0.2, -0.15) is 5.10 Å². The topological polar surface area (TPSA) is 99.8 Å². The van der Waals surface area contributed by atoms with E-state index in [2.05, 4.69) is 25.8 Å². The third-order valence-corrected chi connectivity index (χ3v) is 2.89. The lowest BCUT2D eigenvalue weighted by Gasteiger charge is -2.11. The van der Waals surface area contributed by atoms with Crippen molar-refractivity contribution >= 4 is 11.8 Å². The molecule has 110 valence electrons. The Labute approximate surface area is 122 Å². The fourth-order valence-electron chi connectivity index (χ4n) is 1.79. The van der Waals surface area contributed by atoms with Gasteiger partial charge in [0.2, 0.25) is 5.91 Å². The summed E-state index contributed by atoms with van der Waals surface area (Å²) in [4.78, 5) is 27.5. The van der Waals surface area contributed by atoms with Gasteiger partial charge in [-0.3, -0.25) is 14.7 Å². The quantitative estimate of drug-likeness (QED) is 0.731. The highest BCUT2D eigenvalue weighted by Crippen LogP contribution is 2.04. The third kappa shape index (κ3) is 4.41. The van der Waals surface area contributed by atoms with Crippen LogP contribution in [-0.4, -0.2) is 33.5 Å². The highest BCUT2D eigenvalue weighted by Gasteiger charge is 2.12. The number of aromatic nitrogens is 3. The maximum Gasteiger partial charge on any atom is 0.251 e. The highest BCUT2D eigenvalue weighted by molar-refractivity contribution is 5.94. The highest BCUT2D eigenvalue weighted by atomic mass is 16.2. The Kier molecular flexibility index (Phi) is 5.03. The Balaban J connectivity index is 1.71. The van der Waals surface area contributed by atoms with Gasteiger partial charge in [0.05, 0.1) is 6.04 Å². The van der Waals surface area contributed by atoms with Crippen molar-refractivity contribution in [3.63, 3.8) is 0 Å². The van der Waals surface area contributed by atoms with Crippen LogP contribution in [0, 0.1) is 0 Å². The second kappa shape index (κ2) is 7.18. The zero-order valence-corrected chi connectivity index (χ0v) is 11.7. The molecule has 7 nitrogen and oxygen atoms in total. The van der Waals surface area contributed by atoms with E-state index in [-0.39, 0.29) is 30.8 Å². The maximum atomic E-state index is 11.8. The minimum Gasteiger partial charge on any atom is -0.352 e. The van der Waals surface area contributed by atoms with Gasteiger partial charge in [0.25, 0.3) is 5.91 Å². The largest absolute Gasteiger partial charge is 0.352 e. The zero-order valence-electron chi connectivity index (χ0n) is 11.7. The first kappa shape index (κ1) is 14.7. The van der Waals surface area contributed by atoms with Crippen molar-refractivity contribution < 1.29 is 9.59 Å². The molecular formula is C14H17N5O2. The lowest BCUT2D eigenvalue weighted by molar-refractivity contribution is -0.121. The summed E-state index contributed by atoms with van der Waals surface area (Å²) < 4.78 is 0. The number of aromatic amines is 1. The Hall–Kier alpha value is -2.70. The van der Waals surface area contributed by atoms with Gasteiger partial charge in [-0.15, -0.1) is 0 Å². The fraction of sp³-hybridized carbons (Fsp3) is 0.286. The predicted octanol–water partition coefficient (Wildman–Crippen LogP) is 0.802. The van der Waals surface area contributed by atoms with Crippen LogP contribution in [0.25, 0.3) is 0 Å². The number of rotatable bonds is 6. The molecule has 1 aromatic carbocycles. The first-order chi connectivity index (χ1) is 10.2. The van der Waals surface area contributed by atoms with Crippen LogP contribution < -0.4 is 10.6 Å². The van der Waals surface area contributed by atoms with E-state index in [0.29, 0.717) is 11.4 Å². The third-order valence-electron chi connectivity index (χ3n) is 2.89. The van der Waals surface area contributed by atoms with E-state index in [1.165, 1.54) is 6.33 Å². The Morgan fingerprint density at radius 2 is 2.05 bits per heavy atom. The number of nitrogens with zero attached hydrogens (tertiary/aromatic N) is 2. The van der Waals surface area contributed by atoms with Crippen molar-refractivity contribution in [1.29, 1.82) is 0 Å². The van der Waals surface area contributed by atoms with Crippen LogP contribution in [0.3, 0.4) is 0 Å². The standard InChI is InChI=1S/C14H17N5O2/c1-10(13-16-9-17-19-13)18-12(20)7-8-15-14(21)11-5-3-2-4-6-11/h2-6,9-10H,7-8H2,1H3,(H,15,21)(H,18,20)(H,16,17,19). The molecular weight excluding hydrogens is 270 g/mol. The average molecular weight is 287 g/mol. The predicted molar refractivity (Wildman–Crippen MR) is 76.3 cm³/mol. The SMILES string of the molecule is CC(NC(=O)CCNC(=O)c1ccccc1)c1ncn[nH]1. The first-order valence-electron chi connectivity index (χ1n) is 6.64. The summed E-state index contributed by atoms with van der Waals surface area (Å²) in [6.07, 6.45) is 1.59. The van der Waals surface area contributed by atoms with Crippen LogP contribution >= 0.6 is 0 Å². The van der Waals surface area contributed by atoms with Crippen LogP contribution in [-0.2, 0) is 4.79 Å². The van der Waals surface area contributed by atoms with Crippen molar-refractivity contribution in [2.75, 3.05) is 6.54 Å². The summed E-state index contributed by atoms with van der Waals surface area (Å²) in [5, 5.41) is 11.9. The molecule has 0 aliphatic heterocycles. The molecule has 0 saturated carbocycles. The normalized spacial score (nSPS) is 11.7. The molecule has 1 unspecified atom stereocenters. The van der Waals surface area contributed by atoms with E-state index in [9.17, 15) is 9.59 Å². The molecule has 7 heteroatoms. The van der Waals surface area contributed by atoms with Crippen LogP contribution in [0.4, 0.5) is 0 Å². The lowest BCUT2D eigenvalue weighted by atomic mass is 10.2. The molecule has 2 aromatic rings. The molecule has 0 fully saturated rings. The van der Waals surface area contributed by atoms with E-state index < -0.39 is 0 Å². The molecule has 0 aliphatic carbocycles. The minimum atomic E-state index is -0.246. The van der Waals surface area contributed by atoms with Gasteiger partial charge in [0, 0.05) is 18.5 Å².